The van der Waals surface area contributed by atoms with E-state index in [-0.39, 0.29) is 5.69 Å². The van der Waals surface area contributed by atoms with E-state index >= 15 is 0 Å². The molecule has 0 unspecified atom stereocenters. The Kier molecular flexibility index (Phi) is 3.79. The molecule has 0 aliphatic rings. The third-order valence-electron chi connectivity index (χ3n) is 2.92. The highest BCUT2D eigenvalue weighted by Gasteiger charge is 2.35. The maximum absolute atomic E-state index is 12.9. The number of aryl methyl sites for hydroxylation is 1. The Morgan fingerprint density at radius 1 is 1.29 bits per heavy atom. The number of H-pyrrole nitrogens is 1. The molecule has 0 bridgehead atoms. The monoisotopic (exact) mass is 312 g/mol. The summed E-state index contributed by atoms with van der Waals surface area (Å²) in [5.74, 6) is 0. The maximum atomic E-state index is 12.9. The molecular weight excluding hydrogens is 305 g/mol. The van der Waals surface area contributed by atoms with Gasteiger partial charge in [-0.25, -0.2) is 0 Å². The second kappa shape index (κ2) is 5.26. The van der Waals surface area contributed by atoms with Crippen LogP contribution in [0, 0.1) is 18.3 Å². The van der Waals surface area contributed by atoms with Gasteiger partial charge in [-0.05, 0) is 36.2 Å². The van der Waals surface area contributed by atoms with Crippen molar-refractivity contribution in [2.75, 3.05) is 0 Å². The first kappa shape index (κ1) is 15.1. The van der Waals surface area contributed by atoms with Crippen molar-refractivity contribution in [3.05, 3.63) is 56.3 Å². The summed E-state index contributed by atoms with van der Waals surface area (Å²) in [6.07, 6.45) is -4.78. The van der Waals surface area contributed by atoms with Crippen LogP contribution in [0.5, 0.6) is 0 Å². The summed E-state index contributed by atoms with van der Waals surface area (Å²) in [5, 5.41) is 9.18. The van der Waals surface area contributed by atoms with Crippen molar-refractivity contribution < 1.29 is 13.2 Å². The minimum absolute atomic E-state index is 0.0221. The Bertz CT molecular complexity index is 803. The van der Waals surface area contributed by atoms with Crippen LogP contribution in [0.1, 0.15) is 16.7 Å². The van der Waals surface area contributed by atoms with Crippen molar-refractivity contribution >= 4 is 11.6 Å². The first-order valence-electron chi connectivity index (χ1n) is 5.75. The molecule has 21 heavy (non-hydrogen) atoms. The van der Waals surface area contributed by atoms with E-state index in [9.17, 15) is 18.0 Å². The average Bonchev–Trinajstić information content (AvgIpc) is 2.40. The predicted molar refractivity (Wildman–Crippen MR) is 72.0 cm³/mol. The van der Waals surface area contributed by atoms with Crippen LogP contribution in [-0.2, 0) is 6.18 Å². The number of nitrogens with zero attached hydrogens (tertiary/aromatic N) is 1. The van der Waals surface area contributed by atoms with Crippen LogP contribution < -0.4 is 5.56 Å². The highest BCUT2D eigenvalue weighted by atomic mass is 35.5. The van der Waals surface area contributed by atoms with Crippen molar-refractivity contribution in [2.24, 2.45) is 0 Å². The molecule has 0 saturated carbocycles. The maximum Gasteiger partial charge on any atom is 0.417 e. The van der Waals surface area contributed by atoms with Gasteiger partial charge < -0.3 is 4.98 Å². The molecule has 2 rings (SSSR count). The van der Waals surface area contributed by atoms with E-state index < -0.39 is 22.9 Å². The molecule has 1 heterocycles. The number of aromatic amines is 1. The molecule has 0 spiro atoms. The quantitative estimate of drug-likeness (QED) is 0.868. The van der Waals surface area contributed by atoms with Crippen LogP contribution in [0.15, 0.2) is 29.1 Å². The van der Waals surface area contributed by atoms with Gasteiger partial charge in [0.05, 0.1) is 5.56 Å². The zero-order valence-electron chi connectivity index (χ0n) is 10.7. The normalized spacial score (nSPS) is 11.2. The number of aromatic nitrogens is 1. The van der Waals surface area contributed by atoms with Gasteiger partial charge in [0.25, 0.3) is 5.56 Å². The average molecular weight is 313 g/mol. The van der Waals surface area contributed by atoms with Gasteiger partial charge in [-0.2, -0.15) is 18.4 Å². The summed E-state index contributed by atoms with van der Waals surface area (Å²) in [5.41, 5.74) is -2.26. The summed E-state index contributed by atoms with van der Waals surface area (Å²) >= 11 is 5.86. The molecular formula is C14H8ClF3N2O. The summed E-state index contributed by atoms with van der Waals surface area (Å²) < 4.78 is 38.8. The molecule has 0 aliphatic heterocycles. The number of hydrogen-bond acceptors (Lipinski definition) is 2. The number of benzene rings is 1. The first-order chi connectivity index (χ1) is 9.74. The minimum Gasteiger partial charge on any atom is -0.321 e. The van der Waals surface area contributed by atoms with Crippen LogP contribution in [-0.4, -0.2) is 4.98 Å². The lowest BCUT2D eigenvalue weighted by molar-refractivity contribution is -0.137. The van der Waals surface area contributed by atoms with Crippen molar-refractivity contribution in [3.63, 3.8) is 0 Å². The van der Waals surface area contributed by atoms with Crippen LogP contribution in [0.4, 0.5) is 13.2 Å². The van der Waals surface area contributed by atoms with Crippen molar-refractivity contribution in [1.82, 2.24) is 4.98 Å². The van der Waals surface area contributed by atoms with Gasteiger partial charge in [-0.1, -0.05) is 17.7 Å². The minimum atomic E-state index is -4.78. The molecule has 0 atom stereocenters. The molecule has 0 saturated heterocycles. The fourth-order valence-electron chi connectivity index (χ4n) is 1.86. The zero-order chi connectivity index (χ0) is 15.8. The van der Waals surface area contributed by atoms with Crippen LogP contribution in [0.2, 0.25) is 5.02 Å². The number of pyridine rings is 1. The fourth-order valence-corrected chi connectivity index (χ4v) is 1.98. The zero-order valence-corrected chi connectivity index (χ0v) is 11.4. The predicted octanol–water partition coefficient (Wildman–Crippen LogP) is 3.89. The summed E-state index contributed by atoms with van der Waals surface area (Å²) in [6, 6.07) is 6.61. The van der Waals surface area contributed by atoms with E-state index in [4.69, 9.17) is 16.9 Å². The summed E-state index contributed by atoms with van der Waals surface area (Å²) in [6.45, 7) is 1.69. The molecule has 3 nitrogen and oxygen atoms in total. The molecule has 1 aromatic heterocycles. The second-order valence-corrected chi connectivity index (χ2v) is 4.78. The fraction of sp³-hybridized carbons (Fsp3) is 0.143. The van der Waals surface area contributed by atoms with Gasteiger partial charge in [0.1, 0.15) is 11.6 Å². The Hall–Kier alpha value is -2.26. The number of nitrogens with one attached hydrogen (secondary N) is 1. The number of alkyl halides is 3. The number of hydrogen-bond donors (Lipinski definition) is 1. The Balaban J connectivity index is 2.72. The van der Waals surface area contributed by atoms with Gasteiger partial charge in [0.2, 0.25) is 0 Å². The highest BCUT2D eigenvalue weighted by Crippen LogP contribution is 2.33. The summed E-state index contributed by atoms with van der Waals surface area (Å²) in [7, 11) is 0. The number of nitriles is 1. The van der Waals surface area contributed by atoms with Crippen LogP contribution in [0.3, 0.4) is 0 Å². The molecule has 108 valence electrons. The lowest BCUT2D eigenvalue weighted by Crippen LogP contribution is -2.19. The summed E-state index contributed by atoms with van der Waals surface area (Å²) in [4.78, 5) is 13.9. The molecule has 1 aromatic carbocycles. The number of halogens is 4. The van der Waals surface area contributed by atoms with Gasteiger partial charge in [-0.15, -0.1) is 0 Å². The van der Waals surface area contributed by atoms with E-state index in [1.54, 1.807) is 13.0 Å². The van der Waals surface area contributed by atoms with Crippen molar-refractivity contribution in [1.29, 1.82) is 5.26 Å². The lowest BCUT2D eigenvalue weighted by atomic mass is 10.0. The van der Waals surface area contributed by atoms with E-state index in [2.05, 4.69) is 4.98 Å². The van der Waals surface area contributed by atoms with Gasteiger partial charge in [0, 0.05) is 10.7 Å². The Morgan fingerprint density at radius 3 is 2.48 bits per heavy atom. The van der Waals surface area contributed by atoms with E-state index in [1.807, 2.05) is 0 Å². The van der Waals surface area contributed by atoms with Gasteiger partial charge >= 0.3 is 6.18 Å². The van der Waals surface area contributed by atoms with Crippen LogP contribution in [0.25, 0.3) is 11.3 Å². The first-order valence-corrected chi connectivity index (χ1v) is 6.13. The van der Waals surface area contributed by atoms with E-state index in [0.29, 0.717) is 16.1 Å². The van der Waals surface area contributed by atoms with Crippen LogP contribution >= 0.6 is 11.6 Å². The standard InChI is InChI=1S/C14H8ClF3N2O/c1-7-4-8(2-3-11(7)15)12-5-10(14(16,17)18)9(6-19)13(21)20-12/h2-5H,1H3,(H,20,21). The lowest BCUT2D eigenvalue weighted by Gasteiger charge is -2.11. The molecule has 2 aromatic rings. The Labute approximate surface area is 122 Å². The molecule has 7 heteroatoms. The van der Waals surface area contributed by atoms with E-state index in [1.165, 1.54) is 18.2 Å². The molecule has 0 fully saturated rings. The third kappa shape index (κ3) is 2.93. The third-order valence-corrected chi connectivity index (χ3v) is 3.34. The highest BCUT2D eigenvalue weighted by molar-refractivity contribution is 6.31. The van der Waals surface area contributed by atoms with Gasteiger partial charge in [-0.3, -0.25) is 4.79 Å². The van der Waals surface area contributed by atoms with E-state index in [0.717, 1.165) is 6.07 Å². The molecule has 1 N–H and O–H groups in total. The topological polar surface area (TPSA) is 56.6 Å². The van der Waals surface area contributed by atoms with Crippen molar-refractivity contribution in [2.45, 2.75) is 13.1 Å². The van der Waals surface area contributed by atoms with Gasteiger partial charge in [0.15, 0.2) is 0 Å². The molecule has 0 radical (unpaired) electrons. The molecule has 0 aliphatic carbocycles. The SMILES string of the molecule is Cc1cc(-c2cc(C(F)(F)F)c(C#N)c(=O)[nH]2)ccc1Cl. The smallest absolute Gasteiger partial charge is 0.321 e. The number of rotatable bonds is 1. The Morgan fingerprint density at radius 2 is 1.95 bits per heavy atom. The van der Waals surface area contributed by atoms with Crippen molar-refractivity contribution in [3.8, 4) is 17.3 Å². The molecule has 0 amide bonds. The second-order valence-electron chi connectivity index (χ2n) is 4.37. The largest absolute Gasteiger partial charge is 0.417 e.